The lowest BCUT2D eigenvalue weighted by Crippen LogP contribution is -2.16. The molecule has 0 bridgehead atoms. The molecule has 2 heterocycles. The molecule has 21 heavy (non-hydrogen) atoms. The predicted octanol–water partition coefficient (Wildman–Crippen LogP) is 2.46. The zero-order valence-corrected chi connectivity index (χ0v) is 12.2. The first-order chi connectivity index (χ1) is 10.0. The quantitative estimate of drug-likeness (QED) is 0.846. The van der Waals surface area contributed by atoms with Gasteiger partial charge in [0.05, 0.1) is 12.3 Å². The largest absolute Gasteiger partial charge is 0.462 e. The first-order valence-corrected chi connectivity index (χ1v) is 6.63. The monoisotopic (exact) mass is 287 g/mol. The highest BCUT2D eigenvalue weighted by molar-refractivity contribution is 6.07. The molecule has 2 aromatic heterocycles. The summed E-state index contributed by atoms with van der Waals surface area (Å²) in [7, 11) is 0. The van der Waals surface area contributed by atoms with Gasteiger partial charge in [-0.15, -0.1) is 0 Å². The van der Waals surface area contributed by atoms with Gasteiger partial charge in [-0.3, -0.25) is 4.79 Å². The summed E-state index contributed by atoms with van der Waals surface area (Å²) in [5.41, 5.74) is 2.40. The number of carbonyl (C=O) groups excluding carboxylic acids is 2. The molecule has 2 aromatic rings. The minimum absolute atomic E-state index is 0.274. The molecule has 0 aliphatic rings. The van der Waals surface area contributed by atoms with E-state index in [1.165, 1.54) is 0 Å². The third kappa shape index (κ3) is 3.28. The maximum atomic E-state index is 12.2. The van der Waals surface area contributed by atoms with E-state index in [1.807, 2.05) is 0 Å². The second-order valence-corrected chi connectivity index (χ2v) is 4.54. The zero-order valence-electron chi connectivity index (χ0n) is 12.2. The van der Waals surface area contributed by atoms with Crippen molar-refractivity contribution >= 4 is 17.6 Å². The zero-order chi connectivity index (χ0) is 15.4. The van der Waals surface area contributed by atoms with Gasteiger partial charge in [-0.05, 0) is 32.9 Å². The number of H-pyrrole nitrogens is 1. The number of nitrogens with zero attached hydrogens (tertiary/aromatic N) is 1. The number of esters is 1. The van der Waals surface area contributed by atoms with Gasteiger partial charge in [-0.1, -0.05) is 6.07 Å². The van der Waals surface area contributed by atoms with Crippen LogP contribution in [0.5, 0.6) is 0 Å². The third-order valence-corrected chi connectivity index (χ3v) is 2.93. The van der Waals surface area contributed by atoms with E-state index in [-0.39, 0.29) is 12.5 Å². The van der Waals surface area contributed by atoms with Gasteiger partial charge in [0, 0.05) is 17.6 Å². The molecule has 2 N–H and O–H groups in total. The van der Waals surface area contributed by atoms with Crippen molar-refractivity contribution in [2.45, 2.75) is 20.8 Å². The van der Waals surface area contributed by atoms with Crippen molar-refractivity contribution in [3.63, 3.8) is 0 Å². The second kappa shape index (κ2) is 6.21. The highest BCUT2D eigenvalue weighted by atomic mass is 16.5. The molecule has 0 saturated heterocycles. The van der Waals surface area contributed by atoms with Gasteiger partial charge in [0.25, 0.3) is 5.91 Å². The number of nitrogens with one attached hydrogen (secondary N) is 2. The lowest BCUT2D eigenvalue weighted by molar-refractivity contribution is 0.0527. The number of aryl methyl sites for hydroxylation is 2. The van der Waals surface area contributed by atoms with Crippen LogP contribution in [0.3, 0.4) is 0 Å². The van der Waals surface area contributed by atoms with Crippen molar-refractivity contribution in [2.24, 2.45) is 0 Å². The molecule has 0 atom stereocenters. The van der Waals surface area contributed by atoms with E-state index in [0.29, 0.717) is 22.6 Å². The summed E-state index contributed by atoms with van der Waals surface area (Å²) in [6.07, 6.45) is 1.56. The summed E-state index contributed by atoms with van der Waals surface area (Å²) in [5.74, 6) is -0.841. The Bertz CT molecular complexity index is 677. The molecule has 6 nitrogen and oxygen atoms in total. The lowest BCUT2D eigenvalue weighted by Gasteiger charge is -2.07. The highest BCUT2D eigenvalue weighted by Crippen LogP contribution is 2.21. The summed E-state index contributed by atoms with van der Waals surface area (Å²) in [4.78, 5) is 31.1. The molecular weight excluding hydrogens is 270 g/mol. The number of rotatable bonds is 4. The van der Waals surface area contributed by atoms with Crippen molar-refractivity contribution in [1.82, 2.24) is 9.97 Å². The molecule has 0 saturated carbocycles. The third-order valence-electron chi connectivity index (χ3n) is 2.93. The van der Waals surface area contributed by atoms with E-state index >= 15 is 0 Å². The Morgan fingerprint density at radius 1 is 1.33 bits per heavy atom. The van der Waals surface area contributed by atoms with Gasteiger partial charge >= 0.3 is 5.97 Å². The van der Waals surface area contributed by atoms with Gasteiger partial charge in [0.1, 0.15) is 11.3 Å². The first kappa shape index (κ1) is 14.8. The SMILES string of the molecule is CCOC(=O)c1c(NC(=O)c2cccc(C)n2)c[nH]c1C. The predicted molar refractivity (Wildman–Crippen MR) is 78.4 cm³/mol. The smallest absolute Gasteiger partial charge is 0.342 e. The van der Waals surface area contributed by atoms with E-state index in [9.17, 15) is 9.59 Å². The van der Waals surface area contributed by atoms with E-state index in [0.717, 1.165) is 5.69 Å². The molecule has 2 rings (SSSR count). The average molecular weight is 287 g/mol. The van der Waals surface area contributed by atoms with E-state index in [2.05, 4.69) is 15.3 Å². The van der Waals surface area contributed by atoms with Crippen LogP contribution in [0.25, 0.3) is 0 Å². The van der Waals surface area contributed by atoms with Crippen LogP contribution in [0.1, 0.15) is 39.2 Å². The van der Waals surface area contributed by atoms with Crippen molar-refractivity contribution in [2.75, 3.05) is 11.9 Å². The summed E-state index contributed by atoms with van der Waals surface area (Å²) in [5, 5.41) is 2.68. The fraction of sp³-hybridized carbons (Fsp3) is 0.267. The van der Waals surface area contributed by atoms with Crippen LogP contribution in [0, 0.1) is 13.8 Å². The Kier molecular flexibility index (Phi) is 4.37. The maximum Gasteiger partial charge on any atom is 0.342 e. The molecule has 0 unspecified atom stereocenters. The normalized spacial score (nSPS) is 10.2. The van der Waals surface area contributed by atoms with Crippen molar-refractivity contribution < 1.29 is 14.3 Å². The number of anilines is 1. The fourth-order valence-corrected chi connectivity index (χ4v) is 1.95. The van der Waals surface area contributed by atoms with Crippen LogP contribution < -0.4 is 5.32 Å². The molecule has 0 aromatic carbocycles. The summed E-state index contributed by atoms with van der Waals surface area (Å²) >= 11 is 0. The van der Waals surface area contributed by atoms with E-state index in [4.69, 9.17) is 4.74 Å². The highest BCUT2D eigenvalue weighted by Gasteiger charge is 2.20. The summed E-state index contributed by atoms with van der Waals surface area (Å²) < 4.78 is 4.99. The van der Waals surface area contributed by atoms with E-state index in [1.54, 1.807) is 45.2 Å². The number of hydrogen-bond acceptors (Lipinski definition) is 4. The van der Waals surface area contributed by atoms with Gasteiger partial charge in [0.2, 0.25) is 0 Å². The Balaban J connectivity index is 2.24. The molecular formula is C15H17N3O3. The number of ether oxygens (including phenoxy) is 1. The molecule has 0 aliphatic heterocycles. The van der Waals surface area contributed by atoms with Crippen LogP contribution in [-0.4, -0.2) is 28.5 Å². The molecule has 1 amide bonds. The summed E-state index contributed by atoms with van der Waals surface area (Å²) in [6.45, 7) is 5.55. The van der Waals surface area contributed by atoms with Gasteiger partial charge in [-0.25, -0.2) is 9.78 Å². The van der Waals surface area contributed by atoms with E-state index < -0.39 is 5.97 Å². The first-order valence-electron chi connectivity index (χ1n) is 6.63. The standard InChI is InChI=1S/C15H17N3O3/c1-4-21-15(20)13-10(3)16-8-12(13)18-14(19)11-7-5-6-9(2)17-11/h5-8,16H,4H2,1-3H3,(H,18,19). The van der Waals surface area contributed by atoms with Gasteiger partial charge < -0.3 is 15.0 Å². The van der Waals surface area contributed by atoms with Crippen molar-refractivity contribution in [3.05, 3.63) is 47.0 Å². The Labute approximate surface area is 122 Å². The molecule has 110 valence electrons. The number of hydrogen-bond donors (Lipinski definition) is 2. The van der Waals surface area contributed by atoms with Crippen LogP contribution in [0.4, 0.5) is 5.69 Å². The molecule has 0 fully saturated rings. The van der Waals surface area contributed by atoms with Gasteiger partial charge in [0.15, 0.2) is 0 Å². The molecule has 0 spiro atoms. The van der Waals surface area contributed by atoms with Crippen LogP contribution in [0.15, 0.2) is 24.4 Å². The minimum Gasteiger partial charge on any atom is -0.462 e. The van der Waals surface area contributed by atoms with Crippen molar-refractivity contribution in [1.29, 1.82) is 0 Å². The average Bonchev–Trinajstić information content (AvgIpc) is 2.80. The topological polar surface area (TPSA) is 84.1 Å². The number of aromatic nitrogens is 2. The molecule has 6 heteroatoms. The number of amides is 1. The molecule has 0 aliphatic carbocycles. The Morgan fingerprint density at radius 2 is 2.10 bits per heavy atom. The van der Waals surface area contributed by atoms with Gasteiger partial charge in [-0.2, -0.15) is 0 Å². The Hall–Kier alpha value is -2.63. The maximum absolute atomic E-state index is 12.2. The number of pyridine rings is 1. The lowest BCUT2D eigenvalue weighted by atomic mass is 10.2. The second-order valence-electron chi connectivity index (χ2n) is 4.54. The van der Waals surface area contributed by atoms with Crippen molar-refractivity contribution in [3.8, 4) is 0 Å². The van der Waals surface area contributed by atoms with Crippen LogP contribution >= 0.6 is 0 Å². The molecule has 0 radical (unpaired) electrons. The fourth-order valence-electron chi connectivity index (χ4n) is 1.95. The van der Waals surface area contributed by atoms with Crippen LogP contribution in [-0.2, 0) is 4.74 Å². The summed E-state index contributed by atoms with van der Waals surface area (Å²) in [6, 6.07) is 5.18. The Morgan fingerprint density at radius 3 is 2.76 bits per heavy atom. The number of aromatic amines is 1. The van der Waals surface area contributed by atoms with Crippen LogP contribution in [0.2, 0.25) is 0 Å². The number of carbonyl (C=O) groups is 2. The minimum atomic E-state index is -0.469.